The first kappa shape index (κ1) is 16.0. The molecule has 116 valence electrons. The fourth-order valence-electron chi connectivity index (χ4n) is 1.58. The monoisotopic (exact) mass is 327 g/mol. The number of thiazole rings is 1. The lowest BCUT2D eigenvalue weighted by molar-refractivity contribution is -0.115. The van der Waals surface area contributed by atoms with E-state index in [4.69, 9.17) is 0 Å². The van der Waals surface area contributed by atoms with Crippen LogP contribution in [0.25, 0.3) is 6.08 Å². The van der Waals surface area contributed by atoms with Gasteiger partial charge in [-0.15, -0.1) is 11.3 Å². The highest BCUT2D eigenvalue weighted by Gasteiger charge is 2.26. The Morgan fingerprint density at radius 2 is 2.00 bits per heavy atom. The maximum atomic E-state index is 12.2. The molecule has 1 aromatic carbocycles. The van der Waals surface area contributed by atoms with Gasteiger partial charge in [0.2, 0.25) is 5.91 Å². The summed E-state index contributed by atoms with van der Waals surface area (Å²) >= 11 is 1.37. The van der Waals surface area contributed by atoms with Crippen LogP contribution in [-0.4, -0.2) is 23.6 Å². The van der Waals surface area contributed by atoms with Crippen LogP contribution in [0.3, 0.4) is 0 Å². The van der Waals surface area contributed by atoms with Gasteiger partial charge in [0.25, 0.3) is 0 Å². The number of hydrogen-bond acceptors (Lipinski definition) is 4. The van der Waals surface area contributed by atoms with Crippen molar-refractivity contribution >= 4 is 34.7 Å². The van der Waals surface area contributed by atoms with E-state index in [2.05, 4.69) is 15.6 Å². The summed E-state index contributed by atoms with van der Waals surface area (Å²) in [5.41, 5.74) is 0.483. The number of rotatable bonds is 5. The average Bonchev–Trinajstić information content (AvgIpc) is 2.97. The molecule has 2 aromatic rings. The molecular weight excluding hydrogens is 315 g/mol. The van der Waals surface area contributed by atoms with Crippen LogP contribution < -0.4 is 10.6 Å². The minimum absolute atomic E-state index is 0.204. The highest BCUT2D eigenvalue weighted by molar-refractivity contribution is 7.10. The molecule has 0 aliphatic carbocycles. The molecule has 0 fully saturated rings. The predicted octanol–water partition coefficient (Wildman–Crippen LogP) is 3.77. The van der Waals surface area contributed by atoms with Crippen LogP contribution in [0.2, 0.25) is 0 Å². The molecule has 0 aliphatic heterocycles. The predicted molar refractivity (Wildman–Crippen MR) is 80.8 cm³/mol. The Morgan fingerprint density at radius 3 is 2.64 bits per heavy atom. The number of amides is 1. The van der Waals surface area contributed by atoms with Crippen LogP contribution in [0.4, 0.5) is 24.5 Å². The highest BCUT2D eigenvalue weighted by Crippen LogP contribution is 2.23. The Bertz CT molecular complexity index is 654. The average molecular weight is 327 g/mol. The van der Waals surface area contributed by atoms with E-state index in [0.717, 1.165) is 0 Å². The topological polar surface area (TPSA) is 54.0 Å². The lowest BCUT2D eigenvalue weighted by Crippen LogP contribution is -2.22. The third-order valence-electron chi connectivity index (χ3n) is 2.49. The van der Waals surface area contributed by atoms with Crippen molar-refractivity contribution < 1.29 is 18.0 Å². The highest BCUT2D eigenvalue weighted by atomic mass is 32.1. The molecule has 0 bridgehead atoms. The summed E-state index contributed by atoms with van der Waals surface area (Å²) in [4.78, 5) is 15.8. The number of halogens is 3. The van der Waals surface area contributed by atoms with Gasteiger partial charge >= 0.3 is 6.18 Å². The Hall–Kier alpha value is -2.35. The minimum atomic E-state index is -4.33. The molecule has 8 heteroatoms. The molecule has 0 radical (unpaired) electrons. The standard InChI is InChI=1S/C14H12F3N3OS/c15-14(16,17)9-19-10-3-1-2-4-11(10)20-12(21)5-6-13-18-7-8-22-13/h1-8,19H,9H2,(H,20,21). The first-order valence-corrected chi connectivity index (χ1v) is 7.10. The van der Waals surface area contributed by atoms with Gasteiger partial charge in [0, 0.05) is 17.7 Å². The van der Waals surface area contributed by atoms with E-state index in [1.807, 2.05) is 0 Å². The van der Waals surface area contributed by atoms with Crippen molar-refractivity contribution in [2.75, 3.05) is 17.2 Å². The number of benzene rings is 1. The van der Waals surface area contributed by atoms with Gasteiger partial charge in [0.15, 0.2) is 0 Å². The molecule has 0 saturated carbocycles. The van der Waals surface area contributed by atoms with Crippen LogP contribution in [0.5, 0.6) is 0 Å². The van der Waals surface area contributed by atoms with Crippen LogP contribution in [0.15, 0.2) is 41.9 Å². The van der Waals surface area contributed by atoms with Gasteiger partial charge in [-0.2, -0.15) is 13.2 Å². The fourth-order valence-corrected chi connectivity index (χ4v) is 2.11. The molecule has 1 aromatic heterocycles. The molecule has 1 amide bonds. The van der Waals surface area contributed by atoms with Crippen LogP contribution >= 0.6 is 11.3 Å². The van der Waals surface area contributed by atoms with E-state index in [-0.39, 0.29) is 11.4 Å². The SMILES string of the molecule is O=C(C=Cc1nccs1)Nc1ccccc1NCC(F)(F)F. The third kappa shape index (κ3) is 5.21. The maximum Gasteiger partial charge on any atom is 0.405 e. The number of para-hydroxylation sites is 2. The Kier molecular flexibility index (Phi) is 5.16. The summed E-state index contributed by atoms with van der Waals surface area (Å²) in [5.74, 6) is -0.448. The van der Waals surface area contributed by atoms with Gasteiger partial charge < -0.3 is 10.6 Å². The largest absolute Gasteiger partial charge is 0.405 e. The smallest absolute Gasteiger partial charge is 0.375 e. The number of anilines is 2. The summed E-state index contributed by atoms with van der Waals surface area (Å²) in [5, 5.41) is 7.22. The molecule has 4 nitrogen and oxygen atoms in total. The summed E-state index contributed by atoms with van der Waals surface area (Å²) in [7, 11) is 0. The quantitative estimate of drug-likeness (QED) is 0.822. The van der Waals surface area contributed by atoms with E-state index < -0.39 is 18.6 Å². The van der Waals surface area contributed by atoms with Gasteiger partial charge in [-0.05, 0) is 18.2 Å². The van der Waals surface area contributed by atoms with Crippen molar-refractivity contribution in [1.29, 1.82) is 0 Å². The van der Waals surface area contributed by atoms with Gasteiger partial charge in [-0.25, -0.2) is 4.98 Å². The van der Waals surface area contributed by atoms with E-state index in [1.54, 1.807) is 23.7 Å². The number of aromatic nitrogens is 1. The summed E-state index contributed by atoms with van der Waals surface area (Å²) < 4.78 is 36.7. The normalized spacial score (nSPS) is 11.6. The van der Waals surface area contributed by atoms with Crippen LogP contribution in [0.1, 0.15) is 5.01 Å². The second-order valence-corrected chi connectivity index (χ2v) is 5.13. The van der Waals surface area contributed by atoms with Crippen molar-refractivity contribution in [3.8, 4) is 0 Å². The Balaban J connectivity index is 2.01. The molecule has 2 N–H and O–H groups in total. The summed E-state index contributed by atoms with van der Waals surface area (Å²) in [6.45, 7) is -1.17. The second kappa shape index (κ2) is 7.08. The number of carbonyl (C=O) groups is 1. The van der Waals surface area contributed by atoms with E-state index in [9.17, 15) is 18.0 Å². The molecule has 0 unspecified atom stereocenters. The number of alkyl halides is 3. The lowest BCUT2D eigenvalue weighted by Gasteiger charge is -2.13. The molecule has 0 atom stereocenters. The zero-order valence-electron chi connectivity index (χ0n) is 11.2. The molecule has 22 heavy (non-hydrogen) atoms. The minimum Gasteiger partial charge on any atom is -0.375 e. The molecule has 2 rings (SSSR count). The van der Waals surface area contributed by atoms with Crippen LogP contribution in [-0.2, 0) is 4.79 Å². The van der Waals surface area contributed by atoms with Crippen molar-refractivity contribution in [3.63, 3.8) is 0 Å². The first-order chi connectivity index (χ1) is 10.4. The lowest BCUT2D eigenvalue weighted by atomic mass is 10.2. The number of nitrogens with zero attached hydrogens (tertiary/aromatic N) is 1. The van der Waals surface area contributed by atoms with Gasteiger partial charge in [-0.1, -0.05) is 12.1 Å². The molecule has 0 spiro atoms. The van der Waals surface area contributed by atoms with Gasteiger partial charge in [0.05, 0.1) is 11.4 Å². The number of hydrogen-bond donors (Lipinski definition) is 2. The van der Waals surface area contributed by atoms with Crippen molar-refractivity contribution in [1.82, 2.24) is 4.98 Å². The van der Waals surface area contributed by atoms with Crippen molar-refractivity contribution in [2.45, 2.75) is 6.18 Å². The molecular formula is C14H12F3N3OS. The molecule has 0 saturated heterocycles. The Morgan fingerprint density at radius 1 is 1.27 bits per heavy atom. The zero-order valence-corrected chi connectivity index (χ0v) is 12.0. The molecule has 1 heterocycles. The van der Waals surface area contributed by atoms with Crippen molar-refractivity contribution in [2.24, 2.45) is 0 Å². The summed E-state index contributed by atoms with van der Waals surface area (Å²) in [6.07, 6.45) is 0.0889. The molecule has 0 aliphatic rings. The Labute approximate surface area is 128 Å². The number of nitrogens with one attached hydrogen (secondary N) is 2. The third-order valence-corrected chi connectivity index (χ3v) is 3.23. The van der Waals surface area contributed by atoms with Crippen LogP contribution in [0, 0.1) is 0 Å². The van der Waals surface area contributed by atoms with Gasteiger partial charge in [-0.3, -0.25) is 4.79 Å². The van der Waals surface area contributed by atoms with Gasteiger partial charge in [0.1, 0.15) is 11.6 Å². The maximum absolute atomic E-state index is 12.2. The van der Waals surface area contributed by atoms with E-state index in [0.29, 0.717) is 5.01 Å². The number of carbonyl (C=O) groups excluding carboxylic acids is 1. The van der Waals surface area contributed by atoms with Crippen molar-refractivity contribution in [3.05, 3.63) is 46.9 Å². The second-order valence-electron chi connectivity index (χ2n) is 4.21. The fraction of sp³-hybridized carbons (Fsp3) is 0.143. The first-order valence-electron chi connectivity index (χ1n) is 6.22. The zero-order chi connectivity index (χ0) is 16.0. The summed E-state index contributed by atoms with van der Waals surface area (Å²) in [6, 6.07) is 6.19. The van der Waals surface area contributed by atoms with E-state index in [1.165, 1.54) is 35.6 Å². The van der Waals surface area contributed by atoms with E-state index >= 15 is 0 Å².